The van der Waals surface area contributed by atoms with Crippen LogP contribution in [-0.2, 0) is 19.6 Å². The summed E-state index contributed by atoms with van der Waals surface area (Å²) in [4.78, 5) is 11.5. The minimum Gasteiger partial charge on any atom is -0.482 e. The van der Waals surface area contributed by atoms with E-state index in [1.54, 1.807) is 6.33 Å². The molecule has 3 aromatic carbocycles. The van der Waals surface area contributed by atoms with Crippen molar-refractivity contribution < 1.29 is 9.47 Å². The molecule has 1 aliphatic rings. The average Bonchev–Trinajstić information content (AvgIpc) is 2.94. The van der Waals surface area contributed by atoms with Gasteiger partial charge in [-0.05, 0) is 51.4 Å². The molecular weight excluding hydrogens is 587 g/mol. The molecule has 1 aromatic heterocycles. The molecule has 0 bridgehead atoms. The fourth-order valence-corrected chi connectivity index (χ4v) is 4.97. The molecule has 6 nitrogen and oxygen atoms in total. The van der Waals surface area contributed by atoms with E-state index in [1.807, 2.05) is 60.7 Å². The van der Waals surface area contributed by atoms with Crippen molar-refractivity contribution in [1.29, 1.82) is 5.26 Å². The Morgan fingerprint density at radius 3 is 2.13 bits per heavy atom. The Kier molecular flexibility index (Phi) is 8.84. The maximum atomic E-state index is 9.25. The maximum Gasteiger partial charge on any atom is 0.260 e. The van der Waals surface area contributed by atoms with Gasteiger partial charge in [0.15, 0.2) is 0 Å². The van der Waals surface area contributed by atoms with E-state index in [1.165, 1.54) is 9.13 Å². The zero-order chi connectivity index (χ0) is 26.2. The second-order valence-electron chi connectivity index (χ2n) is 9.50. The Hall–Kier alpha value is -3.48. The van der Waals surface area contributed by atoms with Crippen LogP contribution >= 0.6 is 22.6 Å². The molecule has 192 valence electrons. The maximum absolute atomic E-state index is 9.25. The number of likely N-dealkylation sites (tertiary alicyclic amines) is 1. The Balaban J connectivity index is 1.42. The van der Waals surface area contributed by atoms with Crippen LogP contribution in [0.4, 0.5) is 0 Å². The van der Waals surface area contributed by atoms with Crippen LogP contribution in [0.15, 0.2) is 91.3 Å². The van der Waals surface area contributed by atoms with Gasteiger partial charge in [0.1, 0.15) is 19.5 Å². The summed E-state index contributed by atoms with van der Waals surface area (Å²) in [5, 5.41) is 9.25. The molecule has 0 amide bonds. The zero-order valence-electron chi connectivity index (χ0n) is 21.0. The summed E-state index contributed by atoms with van der Waals surface area (Å²) in [6.45, 7) is 3.25. The first-order valence-corrected chi connectivity index (χ1v) is 13.8. The fraction of sp³-hybridized carbons (Fsp3) is 0.258. The molecule has 1 saturated heterocycles. The van der Waals surface area contributed by atoms with E-state index in [0.29, 0.717) is 31.3 Å². The van der Waals surface area contributed by atoms with Crippen LogP contribution in [0.1, 0.15) is 28.3 Å². The molecule has 2 heterocycles. The second kappa shape index (κ2) is 12.9. The molecule has 0 saturated carbocycles. The van der Waals surface area contributed by atoms with Crippen LogP contribution < -0.4 is 9.47 Å². The minimum atomic E-state index is 0.120. The molecule has 0 radical (unpaired) electrons. The predicted molar refractivity (Wildman–Crippen MR) is 155 cm³/mol. The topological polar surface area (TPSA) is 71.3 Å². The third-order valence-corrected chi connectivity index (χ3v) is 7.41. The number of aromatic nitrogens is 2. The lowest BCUT2D eigenvalue weighted by Crippen LogP contribution is -2.47. The van der Waals surface area contributed by atoms with Gasteiger partial charge < -0.3 is 14.4 Å². The van der Waals surface area contributed by atoms with Gasteiger partial charge in [0, 0.05) is 35.5 Å². The summed E-state index contributed by atoms with van der Waals surface area (Å²) in [6, 6.07) is 31.1. The van der Waals surface area contributed by atoms with Gasteiger partial charge in [0.05, 0.1) is 17.7 Å². The quantitative estimate of drug-likeness (QED) is 0.192. The van der Waals surface area contributed by atoms with E-state index < -0.39 is 0 Å². The summed E-state index contributed by atoms with van der Waals surface area (Å²) < 4.78 is 13.7. The highest BCUT2D eigenvalue weighted by Crippen LogP contribution is 2.34. The monoisotopic (exact) mass is 616 g/mol. The third-order valence-electron chi connectivity index (χ3n) is 6.69. The van der Waals surface area contributed by atoms with E-state index in [2.05, 4.69) is 67.8 Å². The second-order valence-corrected chi connectivity index (χ2v) is 10.7. The van der Waals surface area contributed by atoms with E-state index in [0.717, 1.165) is 36.5 Å². The highest BCUT2D eigenvalue weighted by Gasteiger charge is 2.30. The summed E-state index contributed by atoms with van der Waals surface area (Å²) in [7, 11) is 0. The van der Waals surface area contributed by atoms with Crippen LogP contribution in [0.25, 0.3) is 0 Å². The summed E-state index contributed by atoms with van der Waals surface area (Å²) >= 11 is 2.33. The van der Waals surface area contributed by atoms with Crippen molar-refractivity contribution in [2.24, 2.45) is 5.92 Å². The van der Waals surface area contributed by atoms with Crippen molar-refractivity contribution in [1.82, 2.24) is 14.9 Å². The normalized spacial score (nSPS) is 14.3. The number of nitriles is 1. The molecule has 1 fully saturated rings. The molecule has 1 atom stereocenters. The van der Waals surface area contributed by atoms with E-state index in [4.69, 9.17) is 9.47 Å². The Morgan fingerprint density at radius 2 is 1.50 bits per heavy atom. The van der Waals surface area contributed by atoms with Gasteiger partial charge in [-0.1, -0.05) is 72.8 Å². The van der Waals surface area contributed by atoms with Crippen molar-refractivity contribution in [3.05, 3.63) is 117 Å². The standard InChI is InChI=1S/C31H29IN4O2/c32-28-13-11-26(12-14-28)27(19-36-17-25(16-33)18-36)15-29-30(37-20-23-7-3-1-4-8-23)31(35-22-34-29)38-21-24-9-5-2-6-10-24/h1-14,22,25,27H,15,17-21H2/t27-/m1/s1. The molecule has 0 spiro atoms. The van der Waals surface area contributed by atoms with Crippen LogP contribution in [0.2, 0.25) is 0 Å². The Morgan fingerprint density at radius 1 is 0.868 bits per heavy atom. The molecular formula is C31H29IN4O2. The number of nitrogens with zero attached hydrogens (tertiary/aromatic N) is 4. The van der Waals surface area contributed by atoms with E-state index >= 15 is 0 Å². The minimum absolute atomic E-state index is 0.120. The van der Waals surface area contributed by atoms with Crippen LogP contribution in [-0.4, -0.2) is 34.5 Å². The van der Waals surface area contributed by atoms with Gasteiger partial charge >= 0.3 is 0 Å². The van der Waals surface area contributed by atoms with Gasteiger partial charge in [0.25, 0.3) is 5.88 Å². The lowest BCUT2D eigenvalue weighted by atomic mass is 9.90. The molecule has 38 heavy (non-hydrogen) atoms. The lowest BCUT2D eigenvalue weighted by Gasteiger charge is -2.38. The predicted octanol–water partition coefficient (Wildman–Crippen LogP) is 6.02. The smallest absolute Gasteiger partial charge is 0.260 e. The largest absolute Gasteiger partial charge is 0.482 e. The summed E-state index contributed by atoms with van der Waals surface area (Å²) in [6.07, 6.45) is 2.23. The van der Waals surface area contributed by atoms with Gasteiger partial charge in [0.2, 0.25) is 5.75 Å². The van der Waals surface area contributed by atoms with Crippen molar-refractivity contribution in [2.75, 3.05) is 19.6 Å². The highest BCUT2D eigenvalue weighted by molar-refractivity contribution is 14.1. The van der Waals surface area contributed by atoms with Crippen molar-refractivity contribution in [3.8, 4) is 17.7 Å². The van der Waals surface area contributed by atoms with Crippen molar-refractivity contribution in [2.45, 2.75) is 25.6 Å². The first-order chi connectivity index (χ1) is 18.7. The van der Waals surface area contributed by atoms with E-state index in [9.17, 15) is 5.26 Å². The molecule has 0 N–H and O–H groups in total. The van der Waals surface area contributed by atoms with E-state index in [-0.39, 0.29) is 11.8 Å². The first-order valence-electron chi connectivity index (χ1n) is 12.7. The zero-order valence-corrected chi connectivity index (χ0v) is 23.2. The fourth-order valence-electron chi connectivity index (χ4n) is 4.61. The Labute approximate surface area is 237 Å². The molecule has 1 aliphatic heterocycles. The number of halogens is 1. The SMILES string of the molecule is N#CC1CN(C[C@@H](Cc2ncnc(OCc3ccccc3)c2OCc2ccccc2)c2ccc(I)cc2)C1. The van der Waals surface area contributed by atoms with Gasteiger partial charge in [-0.15, -0.1) is 0 Å². The lowest BCUT2D eigenvalue weighted by molar-refractivity contribution is 0.125. The first kappa shape index (κ1) is 26.1. The summed E-state index contributed by atoms with van der Waals surface area (Å²) in [5.41, 5.74) is 4.18. The van der Waals surface area contributed by atoms with Crippen LogP contribution in [0.5, 0.6) is 11.6 Å². The van der Waals surface area contributed by atoms with Crippen LogP contribution in [0, 0.1) is 20.8 Å². The van der Waals surface area contributed by atoms with Crippen LogP contribution in [0.3, 0.4) is 0 Å². The molecule has 0 unspecified atom stereocenters. The summed E-state index contributed by atoms with van der Waals surface area (Å²) in [5.74, 6) is 1.34. The number of rotatable bonds is 11. The number of hydrogen-bond donors (Lipinski definition) is 0. The van der Waals surface area contributed by atoms with Gasteiger partial charge in [-0.25, -0.2) is 4.98 Å². The van der Waals surface area contributed by atoms with Crippen molar-refractivity contribution >= 4 is 22.6 Å². The van der Waals surface area contributed by atoms with Gasteiger partial charge in [-0.2, -0.15) is 10.2 Å². The number of hydrogen-bond acceptors (Lipinski definition) is 6. The molecule has 7 heteroatoms. The number of ether oxygens (including phenoxy) is 2. The average molecular weight is 617 g/mol. The molecule has 0 aliphatic carbocycles. The van der Waals surface area contributed by atoms with Crippen molar-refractivity contribution in [3.63, 3.8) is 0 Å². The molecule has 4 aromatic rings. The number of benzene rings is 3. The third kappa shape index (κ3) is 6.88. The van der Waals surface area contributed by atoms with Gasteiger partial charge in [-0.3, -0.25) is 0 Å². The molecule has 5 rings (SSSR count). The highest BCUT2D eigenvalue weighted by atomic mass is 127. The Bertz CT molecular complexity index is 1350.